The summed E-state index contributed by atoms with van der Waals surface area (Å²) < 4.78 is 30.6. The first-order valence-electron chi connectivity index (χ1n) is 6.88. The smallest absolute Gasteiger partial charge is 0.412 e. The van der Waals surface area contributed by atoms with E-state index in [1.54, 1.807) is 67.6 Å². The van der Waals surface area contributed by atoms with Gasteiger partial charge in [-0.2, -0.15) is 8.78 Å². The van der Waals surface area contributed by atoms with E-state index in [2.05, 4.69) is 10.3 Å². The Kier molecular flexibility index (Phi) is 5.72. The molecule has 0 unspecified atom stereocenters. The van der Waals surface area contributed by atoms with Crippen molar-refractivity contribution in [3.8, 4) is 11.3 Å². The maximum atomic E-state index is 13.7. The molecular formula is C15H15F2I2N3O2. The molecule has 5 nitrogen and oxygen atoms in total. The Morgan fingerprint density at radius 2 is 1.83 bits per heavy atom. The molecule has 9 heteroatoms. The van der Waals surface area contributed by atoms with Gasteiger partial charge in [-0.1, -0.05) is 12.1 Å². The Bertz CT molecular complexity index is 735. The lowest BCUT2D eigenvalue weighted by Crippen LogP contribution is -2.27. The number of halogens is 4. The molecular weight excluding hydrogens is 546 g/mol. The van der Waals surface area contributed by atoms with Crippen LogP contribution in [0, 0.1) is 3.83 Å². The van der Waals surface area contributed by atoms with Crippen molar-refractivity contribution < 1.29 is 18.3 Å². The third-order valence-electron chi connectivity index (χ3n) is 2.80. The van der Waals surface area contributed by atoms with Crippen molar-refractivity contribution in [1.29, 1.82) is 0 Å². The molecule has 1 aromatic carbocycles. The van der Waals surface area contributed by atoms with Gasteiger partial charge >= 0.3 is 10.1 Å². The van der Waals surface area contributed by atoms with Crippen molar-refractivity contribution in [3.63, 3.8) is 0 Å². The summed E-state index contributed by atoms with van der Waals surface area (Å²) in [6, 6.07) is 6.51. The first-order valence-corrected chi connectivity index (χ1v) is 9.04. The zero-order chi connectivity index (χ0) is 18.1. The number of nitrogens with one attached hydrogen (secondary N) is 1. The molecule has 2 rings (SSSR count). The molecule has 130 valence electrons. The topological polar surface area (TPSA) is 56.1 Å². The Balaban J connectivity index is 2.21. The monoisotopic (exact) mass is 561 g/mol. The zero-order valence-electron chi connectivity index (χ0n) is 13.1. The summed E-state index contributed by atoms with van der Waals surface area (Å²) in [6.45, 7) is 5.30. The Labute approximate surface area is 165 Å². The third kappa shape index (κ3) is 5.01. The van der Waals surface area contributed by atoms with Crippen LogP contribution in [0.1, 0.15) is 20.8 Å². The van der Waals surface area contributed by atoms with Crippen molar-refractivity contribution in [1.82, 2.24) is 9.55 Å². The SMILES string of the molecule is CC(C)(C)OC(=O)Nc1ccc(-c2cnc(I)n2C(F)(F)I)cc1. The molecule has 0 saturated carbocycles. The van der Waals surface area contributed by atoms with Gasteiger partial charge in [-0.05, 0) is 32.9 Å². The quantitative estimate of drug-likeness (QED) is 0.401. The van der Waals surface area contributed by atoms with Gasteiger partial charge in [0.2, 0.25) is 0 Å². The molecule has 1 aromatic heterocycles. The molecule has 0 aliphatic rings. The fourth-order valence-electron chi connectivity index (χ4n) is 1.92. The first-order chi connectivity index (χ1) is 11.0. The number of nitrogens with zero attached hydrogens (tertiary/aromatic N) is 2. The van der Waals surface area contributed by atoms with Crippen LogP contribution in [0.15, 0.2) is 30.5 Å². The highest BCUT2D eigenvalue weighted by Gasteiger charge is 2.32. The lowest BCUT2D eigenvalue weighted by atomic mass is 10.1. The van der Waals surface area contributed by atoms with Gasteiger partial charge in [-0.3, -0.25) is 9.88 Å². The van der Waals surface area contributed by atoms with Crippen LogP contribution in [0.25, 0.3) is 11.3 Å². The molecule has 1 N–H and O–H groups in total. The first kappa shape index (κ1) is 19.3. The van der Waals surface area contributed by atoms with Crippen LogP contribution in [0.5, 0.6) is 0 Å². The number of ether oxygens (including phenoxy) is 1. The van der Waals surface area contributed by atoms with Gasteiger partial charge in [-0.15, -0.1) is 0 Å². The average Bonchev–Trinajstić information content (AvgIpc) is 2.79. The minimum atomic E-state index is -3.09. The zero-order valence-corrected chi connectivity index (χ0v) is 17.4. The number of aromatic nitrogens is 2. The van der Waals surface area contributed by atoms with Crippen molar-refractivity contribution in [2.24, 2.45) is 0 Å². The predicted octanol–water partition coefficient (Wildman–Crippen LogP) is 5.44. The van der Waals surface area contributed by atoms with Gasteiger partial charge in [0.15, 0.2) is 3.83 Å². The van der Waals surface area contributed by atoms with Crippen LogP contribution < -0.4 is 5.32 Å². The second kappa shape index (κ2) is 7.10. The van der Waals surface area contributed by atoms with Crippen LogP contribution in [-0.2, 0) is 8.79 Å². The highest BCUT2D eigenvalue weighted by molar-refractivity contribution is 14.1. The van der Waals surface area contributed by atoms with Crippen LogP contribution >= 0.6 is 45.2 Å². The van der Waals surface area contributed by atoms with E-state index < -0.39 is 15.7 Å². The number of alkyl halides is 3. The van der Waals surface area contributed by atoms with Crippen molar-refractivity contribution in [3.05, 3.63) is 34.3 Å². The van der Waals surface area contributed by atoms with Gasteiger partial charge in [0, 0.05) is 56.4 Å². The van der Waals surface area contributed by atoms with Gasteiger partial charge in [0.05, 0.1) is 11.9 Å². The summed E-state index contributed by atoms with van der Waals surface area (Å²) in [4.78, 5) is 15.7. The molecule has 0 saturated heterocycles. The van der Waals surface area contributed by atoms with E-state index in [-0.39, 0.29) is 3.83 Å². The van der Waals surface area contributed by atoms with Crippen LogP contribution in [0.2, 0.25) is 0 Å². The summed E-state index contributed by atoms with van der Waals surface area (Å²) in [6.07, 6.45) is 0.818. The number of amides is 1. The molecule has 0 aliphatic carbocycles. The lowest BCUT2D eigenvalue weighted by Gasteiger charge is -2.19. The summed E-state index contributed by atoms with van der Waals surface area (Å²) in [5.74, 6) is 0. The normalized spacial score (nSPS) is 12.1. The minimum Gasteiger partial charge on any atom is -0.444 e. The van der Waals surface area contributed by atoms with E-state index >= 15 is 0 Å². The maximum Gasteiger partial charge on any atom is 0.412 e. The number of imidazole rings is 1. The summed E-state index contributed by atoms with van der Waals surface area (Å²) in [5.41, 5.74) is 0.771. The fourth-order valence-corrected chi connectivity index (χ4v) is 3.57. The molecule has 0 aliphatic heterocycles. The standard InChI is InChI=1S/C15H15F2I2N3O2/c1-14(2,3)24-13(23)21-10-6-4-9(5-7-10)11-8-20-12(18)22(11)15(16,17)19/h4-8H,1-3H3,(H,21,23). The number of hydrogen-bond acceptors (Lipinski definition) is 3. The fraction of sp³-hybridized carbons (Fsp3) is 0.333. The van der Waals surface area contributed by atoms with E-state index in [1.165, 1.54) is 6.20 Å². The van der Waals surface area contributed by atoms with Gasteiger partial charge in [0.1, 0.15) is 5.60 Å². The van der Waals surface area contributed by atoms with Gasteiger partial charge in [-0.25, -0.2) is 9.78 Å². The maximum absolute atomic E-state index is 13.7. The number of anilines is 1. The molecule has 1 heterocycles. The lowest BCUT2D eigenvalue weighted by molar-refractivity contribution is 0.0450. The predicted molar refractivity (Wildman–Crippen MR) is 104 cm³/mol. The molecule has 0 bridgehead atoms. The molecule has 2 aromatic rings. The Morgan fingerprint density at radius 3 is 2.33 bits per heavy atom. The second-order valence-electron chi connectivity index (χ2n) is 5.92. The van der Waals surface area contributed by atoms with E-state index in [9.17, 15) is 13.6 Å². The Hall–Kier alpha value is -0.980. The number of benzene rings is 1. The highest BCUT2D eigenvalue weighted by Crippen LogP contribution is 2.36. The number of hydrogen-bond donors (Lipinski definition) is 1. The minimum absolute atomic E-state index is 0.193. The third-order valence-corrected chi connectivity index (χ3v) is 4.04. The summed E-state index contributed by atoms with van der Waals surface area (Å²) in [7, 11) is 0. The molecule has 0 fully saturated rings. The number of carbonyl (C=O) groups is 1. The summed E-state index contributed by atoms with van der Waals surface area (Å²) >= 11 is 2.83. The highest BCUT2D eigenvalue weighted by atomic mass is 127. The van der Waals surface area contributed by atoms with Gasteiger partial charge in [0.25, 0.3) is 0 Å². The number of rotatable bonds is 3. The largest absolute Gasteiger partial charge is 0.444 e. The van der Waals surface area contributed by atoms with Crippen molar-refractivity contribution >= 4 is 57.0 Å². The Morgan fingerprint density at radius 1 is 1.25 bits per heavy atom. The number of carbonyl (C=O) groups excluding carboxylic acids is 1. The average molecular weight is 561 g/mol. The van der Waals surface area contributed by atoms with E-state index in [4.69, 9.17) is 4.74 Å². The van der Waals surface area contributed by atoms with Crippen LogP contribution in [0.4, 0.5) is 19.3 Å². The van der Waals surface area contributed by atoms with Gasteiger partial charge < -0.3 is 4.74 Å². The molecule has 24 heavy (non-hydrogen) atoms. The van der Waals surface area contributed by atoms with E-state index in [1.807, 2.05) is 0 Å². The van der Waals surface area contributed by atoms with E-state index in [0.717, 1.165) is 27.2 Å². The second-order valence-corrected chi connectivity index (χ2v) is 8.18. The van der Waals surface area contributed by atoms with Crippen LogP contribution in [0.3, 0.4) is 0 Å². The molecule has 0 atom stereocenters. The van der Waals surface area contributed by atoms with E-state index in [0.29, 0.717) is 16.9 Å². The van der Waals surface area contributed by atoms with Crippen molar-refractivity contribution in [2.75, 3.05) is 5.32 Å². The molecule has 0 radical (unpaired) electrons. The van der Waals surface area contributed by atoms with Crippen molar-refractivity contribution in [2.45, 2.75) is 30.4 Å². The van der Waals surface area contributed by atoms with Crippen LogP contribution in [-0.4, -0.2) is 21.2 Å². The summed E-state index contributed by atoms with van der Waals surface area (Å²) in [5, 5.41) is 2.59. The molecule has 0 spiro atoms. The molecule has 1 amide bonds.